The van der Waals surface area contributed by atoms with E-state index in [1.807, 2.05) is 27.7 Å². The highest BCUT2D eigenvalue weighted by atomic mass is 32.7. The summed E-state index contributed by atoms with van der Waals surface area (Å²) >= 11 is 1.31. The van der Waals surface area contributed by atoms with Crippen molar-refractivity contribution in [3.63, 3.8) is 0 Å². The summed E-state index contributed by atoms with van der Waals surface area (Å²) in [5.41, 5.74) is 0. The van der Waals surface area contributed by atoms with Crippen LogP contribution in [0.4, 0.5) is 0 Å². The van der Waals surface area contributed by atoms with Gasteiger partial charge in [-0.1, -0.05) is 13.8 Å². The zero-order chi connectivity index (χ0) is 13.1. The van der Waals surface area contributed by atoms with E-state index >= 15 is 0 Å². The minimum absolute atomic E-state index is 0.0245. The van der Waals surface area contributed by atoms with Gasteiger partial charge in [-0.3, -0.25) is 14.0 Å². The van der Waals surface area contributed by atoms with E-state index in [1.54, 1.807) is 0 Å². The van der Waals surface area contributed by atoms with Crippen LogP contribution in [0.5, 0.6) is 0 Å². The van der Waals surface area contributed by atoms with Gasteiger partial charge >= 0.3 is 6.72 Å². The van der Waals surface area contributed by atoms with Gasteiger partial charge in [0.15, 0.2) is 0 Å². The number of carbonyl (C=O) groups excluding carboxylic acids is 1. The molecule has 100 valence electrons. The van der Waals surface area contributed by atoms with Crippen LogP contribution in [-0.4, -0.2) is 28.5 Å². The third kappa shape index (κ3) is 3.49. The second-order valence-electron chi connectivity index (χ2n) is 4.34. The number of carbonyl (C=O) groups is 1. The van der Waals surface area contributed by atoms with Crippen LogP contribution in [0.15, 0.2) is 0 Å². The largest absolute Gasteiger partial charge is 0.356 e. The lowest BCUT2D eigenvalue weighted by molar-refractivity contribution is -0.124. The Bertz CT molecular complexity index is 324. The summed E-state index contributed by atoms with van der Waals surface area (Å²) in [5, 5.41) is 0.230. The molecule has 4 nitrogen and oxygen atoms in total. The minimum Gasteiger partial charge on any atom is -0.306 e. The highest BCUT2D eigenvalue weighted by Gasteiger charge is 2.43. The highest BCUT2D eigenvalue weighted by molar-refractivity contribution is 8.56. The lowest BCUT2D eigenvalue weighted by atomic mass is 10.3. The smallest absolute Gasteiger partial charge is 0.306 e. The van der Waals surface area contributed by atoms with Crippen LogP contribution in [0, 0.1) is 0 Å². The maximum absolute atomic E-state index is 12.9. The molecule has 3 atom stereocenters. The van der Waals surface area contributed by atoms with Crippen LogP contribution in [0.25, 0.3) is 0 Å². The van der Waals surface area contributed by atoms with Crippen molar-refractivity contribution < 1.29 is 13.9 Å². The van der Waals surface area contributed by atoms with E-state index in [4.69, 9.17) is 4.52 Å². The third-order valence-electron chi connectivity index (χ3n) is 2.89. The fraction of sp³-hybridized carbons (Fsp3) is 0.909. The summed E-state index contributed by atoms with van der Waals surface area (Å²) in [6, 6.07) is 0.0245. The number of amides is 1. The van der Waals surface area contributed by atoms with E-state index in [2.05, 4.69) is 0 Å². The maximum atomic E-state index is 12.9. The first-order valence-corrected chi connectivity index (χ1v) is 9.26. The second kappa shape index (κ2) is 6.26. The average Bonchev–Trinajstić information content (AvgIpc) is 2.59. The molecule has 0 saturated carbocycles. The number of hydrogen-bond acceptors (Lipinski definition) is 4. The fourth-order valence-corrected chi connectivity index (χ4v) is 7.36. The van der Waals surface area contributed by atoms with Crippen LogP contribution in [0.1, 0.15) is 47.0 Å². The van der Waals surface area contributed by atoms with E-state index in [-0.39, 0.29) is 17.2 Å². The SMILES string of the molecule is CCOP(=O)(SC(C)CC)N1C(=O)CCC1C. The van der Waals surface area contributed by atoms with Crippen LogP contribution in [0.3, 0.4) is 0 Å². The van der Waals surface area contributed by atoms with Gasteiger partial charge in [0.05, 0.1) is 6.61 Å². The fourth-order valence-electron chi connectivity index (χ4n) is 1.80. The molecule has 6 heteroatoms. The molecule has 1 aliphatic rings. The van der Waals surface area contributed by atoms with Crippen molar-refractivity contribution >= 4 is 24.0 Å². The molecule has 1 saturated heterocycles. The second-order valence-corrected chi connectivity index (χ2v) is 9.00. The summed E-state index contributed by atoms with van der Waals surface area (Å²) in [5.74, 6) is -0.0370. The summed E-state index contributed by atoms with van der Waals surface area (Å²) < 4.78 is 19.8. The van der Waals surface area contributed by atoms with Gasteiger partial charge in [-0.05, 0) is 38.1 Å². The molecule has 17 heavy (non-hydrogen) atoms. The molecule has 0 aromatic carbocycles. The van der Waals surface area contributed by atoms with Crippen molar-refractivity contribution in [2.75, 3.05) is 6.61 Å². The molecule has 0 spiro atoms. The van der Waals surface area contributed by atoms with Crippen molar-refractivity contribution in [1.82, 2.24) is 4.67 Å². The molecule has 1 rings (SSSR count). The predicted molar refractivity (Wildman–Crippen MR) is 72.1 cm³/mol. The van der Waals surface area contributed by atoms with Gasteiger partial charge < -0.3 is 4.52 Å². The molecule has 0 radical (unpaired) electrons. The van der Waals surface area contributed by atoms with Crippen molar-refractivity contribution in [3.8, 4) is 0 Å². The molecule has 1 fully saturated rings. The van der Waals surface area contributed by atoms with Crippen LogP contribution in [0.2, 0.25) is 0 Å². The van der Waals surface area contributed by atoms with Gasteiger partial charge in [0.1, 0.15) is 0 Å². The zero-order valence-electron chi connectivity index (χ0n) is 11.0. The van der Waals surface area contributed by atoms with Crippen molar-refractivity contribution in [1.29, 1.82) is 0 Å². The van der Waals surface area contributed by atoms with E-state index in [9.17, 15) is 9.36 Å². The summed E-state index contributed by atoms with van der Waals surface area (Å²) in [4.78, 5) is 11.8. The Balaban J connectivity index is 2.90. The van der Waals surface area contributed by atoms with E-state index < -0.39 is 6.72 Å². The maximum Gasteiger partial charge on any atom is 0.356 e. The van der Waals surface area contributed by atoms with Crippen molar-refractivity contribution in [2.45, 2.75) is 58.2 Å². The number of hydrogen-bond donors (Lipinski definition) is 0. The molecular weight excluding hydrogens is 257 g/mol. The first kappa shape index (κ1) is 15.1. The Hall–Kier alpha value is 0.0100. The Morgan fingerprint density at radius 2 is 2.24 bits per heavy atom. The van der Waals surface area contributed by atoms with Crippen LogP contribution in [-0.2, 0) is 13.9 Å². The van der Waals surface area contributed by atoms with Gasteiger partial charge in [-0.2, -0.15) is 0 Å². The van der Waals surface area contributed by atoms with E-state index in [0.717, 1.165) is 12.8 Å². The van der Waals surface area contributed by atoms with Crippen LogP contribution >= 0.6 is 18.1 Å². The topological polar surface area (TPSA) is 46.6 Å². The molecule has 0 aromatic rings. The quantitative estimate of drug-likeness (QED) is 0.696. The Kier molecular flexibility index (Phi) is 5.55. The number of nitrogens with zero attached hydrogens (tertiary/aromatic N) is 1. The summed E-state index contributed by atoms with van der Waals surface area (Å²) in [6.45, 7) is 5.13. The third-order valence-corrected chi connectivity index (χ3v) is 8.31. The molecule has 0 aliphatic carbocycles. The van der Waals surface area contributed by atoms with Crippen molar-refractivity contribution in [2.24, 2.45) is 0 Å². The molecule has 1 heterocycles. The molecule has 0 bridgehead atoms. The van der Waals surface area contributed by atoms with Gasteiger partial charge in [0.2, 0.25) is 5.91 Å². The van der Waals surface area contributed by atoms with Gasteiger partial charge in [-0.25, -0.2) is 0 Å². The Morgan fingerprint density at radius 1 is 1.59 bits per heavy atom. The Morgan fingerprint density at radius 3 is 2.65 bits per heavy atom. The first-order chi connectivity index (χ1) is 7.94. The minimum atomic E-state index is -3.05. The molecule has 1 amide bonds. The van der Waals surface area contributed by atoms with E-state index in [0.29, 0.717) is 13.0 Å². The zero-order valence-corrected chi connectivity index (χ0v) is 12.7. The predicted octanol–water partition coefficient (Wildman–Crippen LogP) is 3.67. The lowest BCUT2D eigenvalue weighted by Gasteiger charge is -2.31. The number of rotatable bonds is 6. The average molecular weight is 279 g/mol. The molecule has 1 aliphatic heterocycles. The summed E-state index contributed by atoms with van der Waals surface area (Å²) in [7, 11) is 0. The highest BCUT2D eigenvalue weighted by Crippen LogP contribution is 2.66. The van der Waals surface area contributed by atoms with Crippen LogP contribution < -0.4 is 0 Å². The molecule has 3 unspecified atom stereocenters. The van der Waals surface area contributed by atoms with E-state index in [1.165, 1.54) is 16.1 Å². The van der Waals surface area contributed by atoms with Gasteiger partial charge in [0, 0.05) is 17.7 Å². The normalized spacial score (nSPS) is 26.0. The summed E-state index contributed by atoms with van der Waals surface area (Å²) in [6.07, 6.45) is 2.18. The molecule has 0 aromatic heterocycles. The standard InChI is InChI=1S/C11H22NO3PS/c1-5-10(4)17-16(14,15-6-2)12-9(3)7-8-11(12)13/h9-10H,5-8H2,1-4H3. The van der Waals surface area contributed by atoms with Crippen molar-refractivity contribution in [3.05, 3.63) is 0 Å². The monoisotopic (exact) mass is 279 g/mol. The molecular formula is C11H22NO3PS. The first-order valence-electron chi connectivity index (χ1n) is 6.20. The Labute approximate surface area is 108 Å². The van der Waals surface area contributed by atoms with Gasteiger partial charge in [-0.15, -0.1) is 0 Å². The van der Waals surface area contributed by atoms with Gasteiger partial charge in [0.25, 0.3) is 0 Å². The lowest BCUT2D eigenvalue weighted by Crippen LogP contribution is -2.28. The molecule has 0 N–H and O–H groups in total.